The van der Waals surface area contributed by atoms with Crippen molar-refractivity contribution in [3.05, 3.63) is 108 Å². The van der Waals surface area contributed by atoms with E-state index in [1.54, 1.807) is 18.5 Å². The minimum atomic E-state index is -0.276. The van der Waals surface area contributed by atoms with Crippen molar-refractivity contribution < 1.29 is 4.39 Å². The molecule has 0 N–H and O–H groups in total. The number of pyridine rings is 1. The van der Waals surface area contributed by atoms with Crippen molar-refractivity contribution in [2.75, 3.05) is 0 Å². The zero-order valence-electron chi connectivity index (χ0n) is 13.4. The maximum Gasteiger partial charge on any atom is 0.123 e. The van der Waals surface area contributed by atoms with E-state index in [4.69, 9.17) is 4.99 Å². The predicted octanol–water partition coefficient (Wildman–Crippen LogP) is 5.54. The van der Waals surface area contributed by atoms with Crippen LogP contribution in [0.15, 0.2) is 96.2 Å². The first-order valence-corrected chi connectivity index (χ1v) is 8.04. The maximum absolute atomic E-state index is 13.5. The lowest BCUT2D eigenvalue weighted by Crippen LogP contribution is -2.02. The summed E-state index contributed by atoms with van der Waals surface area (Å²) in [6.45, 7) is 0. The largest absolute Gasteiger partial charge is 0.262 e. The number of hydrogen-bond donors (Lipinski definition) is 0. The molecule has 1 aromatic heterocycles. The Balaban J connectivity index is 1.94. The summed E-state index contributed by atoms with van der Waals surface area (Å²) in [5, 5.41) is 1.61. The summed E-state index contributed by atoms with van der Waals surface area (Å²) >= 11 is 0. The van der Waals surface area contributed by atoms with Crippen molar-refractivity contribution in [2.45, 2.75) is 0 Å². The molecule has 0 spiro atoms. The van der Waals surface area contributed by atoms with Crippen molar-refractivity contribution in [1.82, 2.24) is 4.98 Å². The lowest BCUT2D eigenvalue weighted by molar-refractivity contribution is 0.629. The molecule has 1 heterocycles. The minimum absolute atomic E-state index is 0.276. The van der Waals surface area contributed by atoms with Gasteiger partial charge in [-0.2, -0.15) is 0 Å². The van der Waals surface area contributed by atoms with Crippen LogP contribution in [0.25, 0.3) is 10.8 Å². The molecule has 0 saturated heterocycles. The Kier molecular flexibility index (Phi) is 4.05. The van der Waals surface area contributed by atoms with Crippen molar-refractivity contribution in [3.63, 3.8) is 0 Å². The normalized spacial score (nSPS) is 10.6. The molecule has 0 aliphatic heterocycles. The molecule has 0 saturated carbocycles. The van der Waals surface area contributed by atoms with Gasteiger partial charge in [0.25, 0.3) is 0 Å². The van der Waals surface area contributed by atoms with Gasteiger partial charge in [0.1, 0.15) is 5.82 Å². The van der Waals surface area contributed by atoms with Crippen LogP contribution in [0.3, 0.4) is 0 Å². The van der Waals surface area contributed by atoms with Crippen LogP contribution in [0.4, 0.5) is 10.1 Å². The Morgan fingerprint density at radius 3 is 2.04 bits per heavy atom. The zero-order valence-corrected chi connectivity index (χ0v) is 13.4. The number of nitrogens with zero attached hydrogens (tertiary/aromatic N) is 2. The topological polar surface area (TPSA) is 25.2 Å². The van der Waals surface area contributed by atoms with Crippen LogP contribution in [-0.4, -0.2) is 10.7 Å². The number of halogens is 1. The molecular formula is C22H15FN2. The number of hydrogen-bond acceptors (Lipinski definition) is 2. The van der Waals surface area contributed by atoms with E-state index >= 15 is 0 Å². The molecule has 3 aromatic carbocycles. The Morgan fingerprint density at radius 2 is 1.40 bits per heavy atom. The molecular weight excluding hydrogens is 311 g/mol. The highest BCUT2D eigenvalue weighted by molar-refractivity contribution is 6.14. The third kappa shape index (κ3) is 3.17. The van der Waals surface area contributed by atoms with Crippen LogP contribution in [0.5, 0.6) is 0 Å². The molecule has 0 unspecified atom stereocenters. The molecule has 0 atom stereocenters. The van der Waals surface area contributed by atoms with E-state index in [1.165, 1.54) is 12.1 Å². The van der Waals surface area contributed by atoms with Gasteiger partial charge in [-0.15, -0.1) is 0 Å². The average Bonchev–Trinajstić information content (AvgIpc) is 2.67. The second-order valence-corrected chi connectivity index (χ2v) is 5.72. The number of aromatic nitrogens is 1. The Bertz CT molecular complexity index is 1000. The van der Waals surface area contributed by atoms with E-state index < -0.39 is 0 Å². The number of aliphatic imine (C=N–C) groups is 1. The van der Waals surface area contributed by atoms with Crippen molar-refractivity contribution in [2.24, 2.45) is 4.99 Å². The summed E-state index contributed by atoms with van der Waals surface area (Å²) in [6.07, 6.45) is 3.37. The lowest BCUT2D eigenvalue weighted by Gasteiger charge is -2.09. The molecule has 0 bridgehead atoms. The average molecular weight is 326 g/mol. The quantitative estimate of drug-likeness (QED) is 0.454. The zero-order chi connectivity index (χ0) is 17.1. The van der Waals surface area contributed by atoms with E-state index in [0.717, 1.165) is 33.3 Å². The van der Waals surface area contributed by atoms with E-state index in [-0.39, 0.29) is 5.82 Å². The second-order valence-electron chi connectivity index (χ2n) is 5.72. The molecule has 0 aliphatic rings. The fraction of sp³-hybridized carbons (Fsp3) is 0. The molecule has 2 nitrogen and oxygen atoms in total. The summed E-state index contributed by atoms with van der Waals surface area (Å²) in [7, 11) is 0. The summed E-state index contributed by atoms with van der Waals surface area (Å²) < 4.78 is 13.5. The third-order valence-corrected chi connectivity index (χ3v) is 4.03. The molecule has 0 fully saturated rings. The molecule has 0 aliphatic carbocycles. The first kappa shape index (κ1) is 15.2. The maximum atomic E-state index is 13.5. The van der Waals surface area contributed by atoms with Crippen LogP contribution < -0.4 is 0 Å². The highest BCUT2D eigenvalue weighted by Crippen LogP contribution is 2.27. The predicted molar refractivity (Wildman–Crippen MR) is 99.9 cm³/mol. The Labute approximate surface area is 145 Å². The molecule has 0 amide bonds. The van der Waals surface area contributed by atoms with E-state index in [1.807, 2.05) is 60.7 Å². The molecule has 25 heavy (non-hydrogen) atoms. The first-order chi connectivity index (χ1) is 12.3. The molecule has 4 aromatic rings. The van der Waals surface area contributed by atoms with Crippen LogP contribution in [0.1, 0.15) is 11.1 Å². The van der Waals surface area contributed by atoms with Crippen LogP contribution in [-0.2, 0) is 0 Å². The van der Waals surface area contributed by atoms with E-state index in [9.17, 15) is 4.39 Å². The second kappa shape index (κ2) is 6.65. The molecule has 4 rings (SSSR count). The SMILES string of the molecule is Fc1ccc2c(N=C(c3ccccc3)c3ccccc3)cncc2c1. The van der Waals surface area contributed by atoms with Crippen LogP contribution >= 0.6 is 0 Å². The summed E-state index contributed by atoms with van der Waals surface area (Å²) in [5.41, 5.74) is 3.63. The van der Waals surface area contributed by atoms with Crippen molar-refractivity contribution >= 4 is 22.2 Å². The van der Waals surface area contributed by atoms with Gasteiger partial charge in [0.15, 0.2) is 0 Å². The first-order valence-electron chi connectivity index (χ1n) is 8.04. The number of fused-ring (bicyclic) bond motifs is 1. The minimum Gasteiger partial charge on any atom is -0.262 e. The Hall–Kier alpha value is -3.33. The molecule has 120 valence electrons. The number of benzene rings is 3. The smallest absolute Gasteiger partial charge is 0.123 e. The van der Waals surface area contributed by atoms with Crippen LogP contribution in [0, 0.1) is 5.82 Å². The fourth-order valence-corrected chi connectivity index (χ4v) is 2.83. The van der Waals surface area contributed by atoms with Gasteiger partial charge in [-0.05, 0) is 18.2 Å². The highest BCUT2D eigenvalue weighted by Gasteiger charge is 2.09. The van der Waals surface area contributed by atoms with Crippen molar-refractivity contribution in [3.8, 4) is 0 Å². The fourth-order valence-electron chi connectivity index (χ4n) is 2.83. The standard InChI is InChI=1S/C22H15FN2/c23-19-11-12-20-18(13-19)14-24-15-21(20)25-22(16-7-3-1-4-8-16)17-9-5-2-6-10-17/h1-15H. The van der Waals surface area contributed by atoms with Gasteiger partial charge in [0.05, 0.1) is 17.6 Å². The summed E-state index contributed by atoms with van der Waals surface area (Å²) in [4.78, 5) is 9.11. The van der Waals surface area contributed by atoms with Crippen molar-refractivity contribution in [1.29, 1.82) is 0 Å². The monoisotopic (exact) mass is 326 g/mol. The number of rotatable bonds is 3. The third-order valence-electron chi connectivity index (χ3n) is 4.03. The Morgan fingerprint density at radius 1 is 0.760 bits per heavy atom. The van der Waals surface area contributed by atoms with Gasteiger partial charge < -0.3 is 0 Å². The lowest BCUT2D eigenvalue weighted by atomic mass is 10.0. The highest BCUT2D eigenvalue weighted by atomic mass is 19.1. The summed E-state index contributed by atoms with van der Waals surface area (Å²) in [5.74, 6) is -0.276. The van der Waals surface area contributed by atoms with Gasteiger partial charge in [0.2, 0.25) is 0 Å². The van der Waals surface area contributed by atoms with E-state index in [0.29, 0.717) is 0 Å². The van der Waals surface area contributed by atoms with Gasteiger partial charge in [0, 0.05) is 28.1 Å². The molecule has 3 heteroatoms. The van der Waals surface area contributed by atoms with Crippen LogP contribution in [0.2, 0.25) is 0 Å². The summed E-state index contributed by atoms with van der Waals surface area (Å²) in [6, 6.07) is 24.7. The van der Waals surface area contributed by atoms with Gasteiger partial charge in [-0.1, -0.05) is 60.7 Å². The van der Waals surface area contributed by atoms with E-state index in [2.05, 4.69) is 4.98 Å². The van der Waals surface area contributed by atoms with Gasteiger partial charge in [-0.3, -0.25) is 4.98 Å². The van der Waals surface area contributed by atoms with Gasteiger partial charge >= 0.3 is 0 Å². The van der Waals surface area contributed by atoms with Gasteiger partial charge in [-0.25, -0.2) is 9.38 Å². The molecule has 0 radical (unpaired) electrons.